The SMILES string of the molecule is C[C@@H]1CCN(C)C2(CCC2)C1. The van der Waals surface area contributed by atoms with Crippen molar-refractivity contribution in [2.75, 3.05) is 13.6 Å². The molecule has 0 aromatic carbocycles. The van der Waals surface area contributed by atoms with Gasteiger partial charge in [0.25, 0.3) is 0 Å². The van der Waals surface area contributed by atoms with Crippen LogP contribution in [0.1, 0.15) is 39.0 Å². The molecule has 1 saturated heterocycles. The van der Waals surface area contributed by atoms with Crippen molar-refractivity contribution in [1.82, 2.24) is 4.90 Å². The normalized spacial score (nSPS) is 37.1. The first-order chi connectivity index (χ1) is 5.23. The van der Waals surface area contributed by atoms with Crippen LogP contribution in [0, 0.1) is 5.92 Å². The van der Waals surface area contributed by atoms with Crippen LogP contribution in [0.15, 0.2) is 0 Å². The van der Waals surface area contributed by atoms with E-state index in [2.05, 4.69) is 18.9 Å². The molecule has 1 atom stereocenters. The van der Waals surface area contributed by atoms with Gasteiger partial charge in [0.05, 0.1) is 0 Å². The molecule has 0 amide bonds. The molecule has 1 aliphatic heterocycles. The van der Waals surface area contributed by atoms with Crippen LogP contribution in [0.3, 0.4) is 0 Å². The van der Waals surface area contributed by atoms with Crippen molar-refractivity contribution in [2.24, 2.45) is 5.92 Å². The zero-order chi connectivity index (χ0) is 7.90. The van der Waals surface area contributed by atoms with Crippen molar-refractivity contribution in [1.29, 1.82) is 0 Å². The van der Waals surface area contributed by atoms with Crippen molar-refractivity contribution in [3.05, 3.63) is 0 Å². The highest BCUT2D eigenvalue weighted by Gasteiger charge is 2.43. The van der Waals surface area contributed by atoms with Gasteiger partial charge < -0.3 is 4.90 Å². The molecule has 1 nitrogen and oxygen atoms in total. The molecule has 1 saturated carbocycles. The fraction of sp³-hybridized carbons (Fsp3) is 1.00. The minimum Gasteiger partial charge on any atom is -0.301 e. The zero-order valence-corrected chi connectivity index (χ0v) is 7.77. The molecule has 1 heterocycles. The van der Waals surface area contributed by atoms with E-state index in [9.17, 15) is 0 Å². The second kappa shape index (κ2) is 2.48. The third kappa shape index (κ3) is 1.10. The van der Waals surface area contributed by atoms with Crippen LogP contribution in [0.4, 0.5) is 0 Å². The van der Waals surface area contributed by atoms with Crippen molar-refractivity contribution < 1.29 is 0 Å². The van der Waals surface area contributed by atoms with Crippen molar-refractivity contribution in [3.63, 3.8) is 0 Å². The minimum absolute atomic E-state index is 0.664. The lowest BCUT2D eigenvalue weighted by Gasteiger charge is -2.53. The van der Waals surface area contributed by atoms with Crippen LogP contribution in [-0.2, 0) is 0 Å². The highest BCUT2D eigenvalue weighted by atomic mass is 15.2. The number of piperidine rings is 1. The fourth-order valence-corrected chi connectivity index (χ4v) is 2.73. The Hall–Kier alpha value is -0.0400. The average Bonchev–Trinajstić information content (AvgIpc) is 1.91. The largest absolute Gasteiger partial charge is 0.301 e. The summed E-state index contributed by atoms with van der Waals surface area (Å²) in [6, 6.07) is 0. The molecule has 0 bridgehead atoms. The van der Waals surface area contributed by atoms with E-state index in [1.807, 2.05) is 0 Å². The molecule has 1 aliphatic carbocycles. The second-order valence-corrected chi connectivity index (χ2v) is 4.60. The molecule has 2 fully saturated rings. The van der Waals surface area contributed by atoms with E-state index in [1.54, 1.807) is 0 Å². The minimum atomic E-state index is 0.664. The van der Waals surface area contributed by atoms with E-state index < -0.39 is 0 Å². The Bertz CT molecular complexity index is 149. The maximum Gasteiger partial charge on any atom is 0.0209 e. The van der Waals surface area contributed by atoms with Crippen molar-refractivity contribution in [3.8, 4) is 0 Å². The van der Waals surface area contributed by atoms with E-state index in [0.717, 1.165) is 5.92 Å². The standard InChI is InChI=1S/C10H19N/c1-9-4-7-11(2)10(8-9)5-3-6-10/h9H,3-8H2,1-2H3/t9-/m1/s1. The highest BCUT2D eigenvalue weighted by Crippen LogP contribution is 2.44. The number of rotatable bonds is 0. The Kier molecular flexibility index (Phi) is 1.71. The smallest absolute Gasteiger partial charge is 0.0209 e. The van der Waals surface area contributed by atoms with Crippen molar-refractivity contribution in [2.45, 2.75) is 44.6 Å². The van der Waals surface area contributed by atoms with Gasteiger partial charge in [-0.2, -0.15) is 0 Å². The Balaban J connectivity index is 2.04. The van der Waals surface area contributed by atoms with E-state index in [1.165, 1.54) is 38.6 Å². The summed E-state index contributed by atoms with van der Waals surface area (Å²) >= 11 is 0. The molecule has 64 valence electrons. The molecule has 1 spiro atoms. The lowest BCUT2D eigenvalue weighted by Crippen LogP contribution is -2.55. The highest BCUT2D eigenvalue weighted by molar-refractivity contribution is 5.00. The van der Waals surface area contributed by atoms with E-state index >= 15 is 0 Å². The monoisotopic (exact) mass is 153 g/mol. The van der Waals surface area contributed by atoms with Crippen molar-refractivity contribution >= 4 is 0 Å². The molecule has 0 unspecified atom stereocenters. The summed E-state index contributed by atoms with van der Waals surface area (Å²) in [5.41, 5.74) is 0.664. The van der Waals surface area contributed by atoms with Gasteiger partial charge in [0.1, 0.15) is 0 Å². The Morgan fingerprint density at radius 3 is 2.55 bits per heavy atom. The van der Waals surface area contributed by atoms with Crippen LogP contribution in [0.2, 0.25) is 0 Å². The Morgan fingerprint density at radius 2 is 2.09 bits per heavy atom. The van der Waals surface area contributed by atoms with Gasteiger partial charge in [-0.05, 0) is 51.6 Å². The second-order valence-electron chi connectivity index (χ2n) is 4.60. The van der Waals surface area contributed by atoms with Gasteiger partial charge in [0.15, 0.2) is 0 Å². The third-order valence-corrected chi connectivity index (χ3v) is 3.78. The maximum absolute atomic E-state index is 2.61. The first-order valence-electron chi connectivity index (χ1n) is 4.94. The van der Waals surface area contributed by atoms with Gasteiger partial charge in [0.2, 0.25) is 0 Å². The first-order valence-corrected chi connectivity index (χ1v) is 4.94. The number of hydrogen-bond donors (Lipinski definition) is 0. The molecular formula is C10H19N. The molecule has 1 heteroatoms. The Morgan fingerprint density at radius 1 is 1.36 bits per heavy atom. The predicted octanol–water partition coefficient (Wildman–Crippen LogP) is 2.27. The van der Waals surface area contributed by atoms with E-state index in [-0.39, 0.29) is 0 Å². The first kappa shape index (κ1) is 7.60. The molecule has 2 aliphatic rings. The molecule has 0 aromatic heterocycles. The lowest BCUT2D eigenvalue weighted by molar-refractivity contribution is -0.0156. The third-order valence-electron chi connectivity index (χ3n) is 3.78. The molecular weight excluding hydrogens is 134 g/mol. The summed E-state index contributed by atoms with van der Waals surface area (Å²) in [7, 11) is 2.31. The molecule has 0 N–H and O–H groups in total. The summed E-state index contributed by atoms with van der Waals surface area (Å²) in [6.07, 6.45) is 7.28. The van der Waals surface area contributed by atoms with Gasteiger partial charge >= 0.3 is 0 Å². The topological polar surface area (TPSA) is 3.24 Å². The molecule has 0 radical (unpaired) electrons. The van der Waals surface area contributed by atoms with Crippen LogP contribution in [0.5, 0.6) is 0 Å². The molecule has 2 rings (SSSR count). The Labute approximate surface area is 69.8 Å². The lowest BCUT2D eigenvalue weighted by atomic mass is 9.68. The molecule has 11 heavy (non-hydrogen) atoms. The van der Waals surface area contributed by atoms with Crippen LogP contribution >= 0.6 is 0 Å². The molecule has 0 aromatic rings. The summed E-state index contributed by atoms with van der Waals surface area (Å²) in [5, 5.41) is 0. The summed E-state index contributed by atoms with van der Waals surface area (Å²) in [6.45, 7) is 3.74. The predicted molar refractivity (Wildman–Crippen MR) is 47.6 cm³/mol. The van der Waals surface area contributed by atoms with Gasteiger partial charge in [-0.1, -0.05) is 6.92 Å². The van der Waals surface area contributed by atoms with Gasteiger partial charge in [-0.3, -0.25) is 0 Å². The summed E-state index contributed by atoms with van der Waals surface area (Å²) in [4.78, 5) is 2.61. The number of hydrogen-bond acceptors (Lipinski definition) is 1. The average molecular weight is 153 g/mol. The number of likely N-dealkylation sites (tertiary alicyclic amines) is 1. The van der Waals surface area contributed by atoms with Gasteiger partial charge in [0, 0.05) is 5.54 Å². The van der Waals surface area contributed by atoms with E-state index in [4.69, 9.17) is 0 Å². The fourth-order valence-electron chi connectivity index (χ4n) is 2.73. The van der Waals surface area contributed by atoms with Gasteiger partial charge in [-0.15, -0.1) is 0 Å². The number of nitrogens with zero attached hydrogens (tertiary/aromatic N) is 1. The summed E-state index contributed by atoms with van der Waals surface area (Å²) < 4.78 is 0. The van der Waals surface area contributed by atoms with E-state index in [0.29, 0.717) is 5.54 Å². The van der Waals surface area contributed by atoms with Crippen LogP contribution in [-0.4, -0.2) is 24.0 Å². The zero-order valence-electron chi connectivity index (χ0n) is 7.77. The summed E-state index contributed by atoms with van der Waals surface area (Å²) in [5.74, 6) is 0.978. The van der Waals surface area contributed by atoms with Crippen LogP contribution < -0.4 is 0 Å². The maximum atomic E-state index is 2.61. The quantitative estimate of drug-likeness (QED) is 0.516. The van der Waals surface area contributed by atoms with Crippen LogP contribution in [0.25, 0.3) is 0 Å². The van der Waals surface area contributed by atoms with Gasteiger partial charge in [-0.25, -0.2) is 0 Å².